The molecule has 8 heteroatoms. The number of fused-ring (bicyclic) bond motifs is 2. The first-order chi connectivity index (χ1) is 19.0. The Morgan fingerprint density at radius 2 is 1.82 bits per heavy atom. The van der Waals surface area contributed by atoms with Crippen molar-refractivity contribution in [1.29, 1.82) is 0 Å². The molecule has 2 aliphatic heterocycles. The molecule has 218 valence electrons. The zero-order chi connectivity index (χ0) is 28.5. The minimum Gasteiger partial charge on any atom is -0.487 e. The van der Waals surface area contributed by atoms with Crippen LogP contribution in [0, 0.1) is 5.41 Å². The van der Waals surface area contributed by atoms with Gasteiger partial charge in [-0.05, 0) is 73.8 Å². The molecule has 8 nitrogen and oxygen atoms in total. The van der Waals surface area contributed by atoms with Gasteiger partial charge in [0.15, 0.2) is 11.5 Å². The van der Waals surface area contributed by atoms with E-state index in [1.54, 1.807) is 6.92 Å². The van der Waals surface area contributed by atoms with E-state index >= 15 is 0 Å². The van der Waals surface area contributed by atoms with Gasteiger partial charge in [-0.3, -0.25) is 4.79 Å². The van der Waals surface area contributed by atoms with Gasteiger partial charge in [-0.2, -0.15) is 0 Å². The van der Waals surface area contributed by atoms with E-state index in [-0.39, 0.29) is 29.8 Å². The van der Waals surface area contributed by atoms with Crippen LogP contribution in [0.2, 0.25) is 0 Å². The first kappa shape index (κ1) is 28.7. The third-order valence-electron chi connectivity index (χ3n) is 8.33. The van der Waals surface area contributed by atoms with Gasteiger partial charge in [0.1, 0.15) is 17.5 Å². The highest BCUT2D eigenvalue weighted by Gasteiger charge is 2.45. The third-order valence-corrected chi connectivity index (χ3v) is 8.33. The standard InChI is InChI=1S/C32H44N2O6/c1-20(37-5)30(36)34-24(14-21-7-10-28-29(15-21)39-19-38-28)26(35)18-33-25-17-32(11-6-12-32)40-27-9-8-22(13-23(25)27)16-31(2,3)4/h7-10,13,15,20,24-26,33,35H,6,11-12,14,16-19H2,1-5H3,(H,34,36)/t20-,24+,25+,26-/m1/s1. The second-order valence-corrected chi connectivity index (χ2v) is 12.9. The third kappa shape index (κ3) is 6.56. The first-order valence-corrected chi connectivity index (χ1v) is 14.5. The number of rotatable bonds is 10. The van der Waals surface area contributed by atoms with Crippen molar-refractivity contribution in [3.63, 3.8) is 0 Å². The van der Waals surface area contributed by atoms with Crippen molar-refractivity contribution in [1.82, 2.24) is 10.6 Å². The maximum Gasteiger partial charge on any atom is 0.249 e. The lowest BCUT2D eigenvalue weighted by molar-refractivity contribution is -0.131. The van der Waals surface area contributed by atoms with Crippen LogP contribution in [0.15, 0.2) is 36.4 Å². The van der Waals surface area contributed by atoms with Gasteiger partial charge < -0.3 is 34.7 Å². The van der Waals surface area contributed by atoms with E-state index in [2.05, 4.69) is 49.6 Å². The topological polar surface area (TPSA) is 98.3 Å². The highest BCUT2D eigenvalue weighted by atomic mass is 16.7. The molecule has 2 aromatic rings. The Kier molecular flexibility index (Phi) is 8.32. The smallest absolute Gasteiger partial charge is 0.249 e. The van der Waals surface area contributed by atoms with E-state index in [9.17, 15) is 9.90 Å². The minimum atomic E-state index is -0.833. The first-order valence-electron chi connectivity index (χ1n) is 14.5. The quantitative estimate of drug-likeness (QED) is 0.400. The maximum atomic E-state index is 12.8. The molecule has 2 heterocycles. The summed E-state index contributed by atoms with van der Waals surface area (Å²) in [7, 11) is 1.50. The SMILES string of the molecule is CO[C@H](C)C(=O)N[C@@H](Cc1ccc2c(c1)OCO2)[C@H](O)CN[C@H]1CC2(CCC2)Oc2ccc(CC(C)(C)C)cc21. The number of hydrogen-bond donors (Lipinski definition) is 3. The second-order valence-electron chi connectivity index (χ2n) is 12.9. The summed E-state index contributed by atoms with van der Waals surface area (Å²) >= 11 is 0. The monoisotopic (exact) mass is 552 g/mol. The van der Waals surface area contributed by atoms with Crippen molar-refractivity contribution in [3.8, 4) is 17.2 Å². The van der Waals surface area contributed by atoms with Crippen molar-refractivity contribution in [2.75, 3.05) is 20.4 Å². The van der Waals surface area contributed by atoms with Crippen LogP contribution in [0.1, 0.15) is 76.1 Å². The van der Waals surface area contributed by atoms with Gasteiger partial charge in [0.2, 0.25) is 12.7 Å². The van der Waals surface area contributed by atoms with Crippen LogP contribution in [-0.4, -0.2) is 55.3 Å². The maximum absolute atomic E-state index is 12.8. The highest BCUT2D eigenvalue weighted by molar-refractivity contribution is 5.80. The Labute approximate surface area is 237 Å². The Morgan fingerprint density at radius 3 is 2.52 bits per heavy atom. The fraction of sp³-hybridized carbons (Fsp3) is 0.594. The molecule has 3 aliphatic rings. The van der Waals surface area contributed by atoms with E-state index in [0.717, 1.165) is 42.6 Å². The van der Waals surface area contributed by atoms with Crippen molar-refractivity contribution >= 4 is 5.91 Å². The minimum absolute atomic E-state index is 0.0541. The lowest BCUT2D eigenvalue weighted by Crippen LogP contribution is -2.53. The Balaban J connectivity index is 1.33. The van der Waals surface area contributed by atoms with Crippen LogP contribution in [0.5, 0.6) is 17.2 Å². The molecule has 1 fully saturated rings. The van der Waals surface area contributed by atoms with Crippen molar-refractivity contribution < 1.29 is 28.8 Å². The summed E-state index contributed by atoms with van der Waals surface area (Å²) in [4.78, 5) is 12.8. The molecule has 2 aromatic carbocycles. The normalized spacial score (nSPS) is 21.1. The molecule has 0 radical (unpaired) electrons. The number of carbonyl (C=O) groups excluding carboxylic acids is 1. The summed E-state index contributed by atoms with van der Waals surface area (Å²) in [5, 5.41) is 18.1. The number of ether oxygens (including phenoxy) is 4. The molecule has 1 saturated carbocycles. The zero-order valence-electron chi connectivity index (χ0n) is 24.4. The van der Waals surface area contributed by atoms with Crippen LogP contribution < -0.4 is 24.8 Å². The highest BCUT2D eigenvalue weighted by Crippen LogP contribution is 2.49. The van der Waals surface area contributed by atoms with E-state index in [0.29, 0.717) is 24.5 Å². The van der Waals surface area contributed by atoms with Crippen molar-refractivity contribution in [2.45, 2.75) is 96.1 Å². The van der Waals surface area contributed by atoms with Crippen LogP contribution in [0.25, 0.3) is 0 Å². The van der Waals surface area contributed by atoms with Gasteiger partial charge >= 0.3 is 0 Å². The molecule has 1 spiro atoms. The van der Waals surface area contributed by atoms with Gasteiger partial charge in [0.25, 0.3) is 0 Å². The predicted molar refractivity (Wildman–Crippen MR) is 153 cm³/mol. The zero-order valence-corrected chi connectivity index (χ0v) is 24.4. The molecule has 0 aromatic heterocycles. The number of methoxy groups -OCH3 is 1. The molecule has 40 heavy (non-hydrogen) atoms. The van der Waals surface area contributed by atoms with Gasteiger partial charge in [0, 0.05) is 31.7 Å². The molecule has 0 saturated heterocycles. The van der Waals surface area contributed by atoms with E-state index < -0.39 is 18.2 Å². The number of carbonyl (C=O) groups is 1. The van der Waals surface area contributed by atoms with Crippen LogP contribution in [0.4, 0.5) is 0 Å². The van der Waals surface area contributed by atoms with Crippen LogP contribution in [0.3, 0.4) is 0 Å². The molecule has 3 N–H and O–H groups in total. The molecular weight excluding hydrogens is 508 g/mol. The molecule has 0 bridgehead atoms. The summed E-state index contributed by atoms with van der Waals surface area (Å²) < 4.78 is 22.7. The molecule has 5 rings (SSSR count). The van der Waals surface area contributed by atoms with Gasteiger partial charge in [-0.1, -0.05) is 39.0 Å². The number of hydrogen-bond acceptors (Lipinski definition) is 7. The Morgan fingerprint density at radius 1 is 1.10 bits per heavy atom. The average Bonchev–Trinajstić information content (AvgIpc) is 3.36. The average molecular weight is 553 g/mol. The number of aliphatic hydroxyl groups excluding tert-OH is 1. The molecule has 1 amide bonds. The Bertz CT molecular complexity index is 1200. The van der Waals surface area contributed by atoms with Crippen molar-refractivity contribution in [3.05, 3.63) is 53.1 Å². The summed E-state index contributed by atoms with van der Waals surface area (Å²) in [6.45, 7) is 8.96. The summed E-state index contributed by atoms with van der Waals surface area (Å²) in [5.41, 5.74) is 3.42. The van der Waals surface area contributed by atoms with Gasteiger partial charge in [-0.15, -0.1) is 0 Å². The Hall–Kier alpha value is -2.81. The van der Waals surface area contributed by atoms with E-state index in [1.807, 2.05) is 18.2 Å². The van der Waals surface area contributed by atoms with Crippen molar-refractivity contribution in [2.24, 2.45) is 5.41 Å². The summed E-state index contributed by atoms with van der Waals surface area (Å²) in [6, 6.07) is 11.8. The molecule has 1 aliphatic carbocycles. The predicted octanol–water partition coefficient (Wildman–Crippen LogP) is 4.46. The number of benzene rings is 2. The number of aliphatic hydroxyl groups is 1. The number of amides is 1. The second kappa shape index (κ2) is 11.6. The van der Waals surface area contributed by atoms with Crippen LogP contribution in [-0.2, 0) is 22.4 Å². The van der Waals surface area contributed by atoms with Gasteiger partial charge in [0.05, 0.1) is 12.1 Å². The van der Waals surface area contributed by atoms with E-state index in [1.165, 1.54) is 19.1 Å². The van der Waals surface area contributed by atoms with Crippen LogP contribution >= 0.6 is 0 Å². The molecule has 4 atom stereocenters. The molecular formula is C32H44N2O6. The lowest BCUT2D eigenvalue weighted by atomic mass is 9.72. The number of nitrogens with one attached hydrogen (secondary N) is 2. The van der Waals surface area contributed by atoms with Gasteiger partial charge in [-0.25, -0.2) is 0 Å². The molecule has 0 unspecified atom stereocenters. The fourth-order valence-corrected chi connectivity index (χ4v) is 5.92. The largest absolute Gasteiger partial charge is 0.487 e. The fourth-order valence-electron chi connectivity index (χ4n) is 5.92. The lowest BCUT2D eigenvalue weighted by Gasteiger charge is -2.48. The summed E-state index contributed by atoms with van der Waals surface area (Å²) in [5.74, 6) is 2.06. The van der Waals surface area contributed by atoms with E-state index in [4.69, 9.17) is 18.9 Å². The summed E-state index contributed by atoms with van der Waals surface area (Å²) in [6.07, 6.45) is 4.10.